The van der Waals surface area contributed by atoms with Crippen LogP contribution in [0.3, 0.4) is 0 Å². The van der Waals surface area contributed by atoms with E-state index >= 15 is 0 Å². The van der Waals surface area contributed by atoms with Gasteiger partial charge in [0.05, 0.1) is 15.8 Å². The number of aromatic nitrogens is 2. The lowest BCUT2D eigenvalue weighted by molar-refractivity contribution is 0.0281. The predicted octanol–water partition coefficient (Wildman–Crippen LogP) is 3.11. The second kappa shape index (κ2) is 5.76. The van der Waals surface area contributed by atoms with Crippen molar-refractivity contribution in [1.82, 2.24) is 14.9 Å². The van der Waals surface area contributed by atoms with Gasteiger partial charge in [0.1, 0.15) is 16.1 Å². The molecule has 21 heavy (non-hydrogen) atoms. The molecule has 0 aliphatic rings. The van der Waals surface area contributed by atoms with Crippen LogP contribution in [0.25, 0.3) is 10.2 Å². The molecule has 0 spiro atoms. The van der Waals surface area contributed by atoms with E-state index in [9.17, 15) is 9.59 Å². The molecule has 6 nitrogen and oxygen atoms in total. The highest BCUT2D eigenvalue weighted by Crippen LogP contribution is 2.25. The van der Waals surface area contributed by atoms with E-state index in [4.69, 9.17) is 4.74 Å². The fourth-order valence-electron chi connectivity index (χ4n) is 1.66. The number of halogens is 1. The number of ether oxygens (including phenoxy) is 1. The zero-order valence-electron chi connectivity index (χ0n) is 12.2. The molecule has 0 atom stereocenters. The fraction of sp³-hybridized carbons (Fsp3) is 0.462. The number of carbonyl (C=O) groups is 1. The Morgan fingerprint density at radius 1 is 1.52 bits per heavy atom. The summed E-state index contributed by atoms with van der Waals surface area (Å²) in [5.74, 6) is 0.422. The van der Waals surface area contributed by atoms with Gasteiger partial charge in [0, 0.05) is 7.05 Å². The third-order valence-corrected chi connectivity index (χ3v) is 4.12. The van der Waals surface area contributed by atoms with Crippen LogP contribution < -0.4 is 5.56 Å². The van der Waals surface area contributed by atoms with Crippen molar-refractivity contribution in [2.24, 2.45) is 0 Å². The summed E-state index contributed by atoms with van der Waals surface area (Å²) in [6.07, 6.45) is -0.461. The summed E-state index contributed by atoms with van der Waals surface area (Å²) in [4.78, 5) is 32.3. The number of carbonyl (C=O) groups excluding carboxylic acids is 1. The smallest absolute Gasteiger partial charge is 0.410 e. The summed E-state index contributed by atoms with van der Waals surface area (Å²) in [5.41, 5.74) is -0.152. The van der Waals surface area contributed by atoms with E-state index in [1.54, 1.807) is 33.9 Å². The molecule has 1 amide bonds. The Morgan fingerprint density at radius 3 is 2.81 bits per heavy atom. The number of thiophene rings is 1. The SMILES string of the molecule is CN(Cc1nc2cc(Br)sc2c(=O)[nH]1)C(=O)OC(C)(C)C. The quantitative estimate of drug-likeness (QED) is 0.877. The second-order valence-corrected chi connectivity index (χ2v) is 8.05. The predicted molar refractivity (Wildman–Crippen MR) is 85.6 cm³/mol. The van der Waals surface area contributed by atoms with Gasteiger partial charge in [-0.05, 0) is 42.8 Å². The van der Waals surface area contributed by atoms with Crippen LogP contribution in [0.4, 0.5) is 4.79 Å². The van der Waals surface area contributed by atoms with Gasteiger partial charge >= 0.3 is 6.09 Å². The molecule has 2 aromatic rings. The zero-order valence-corrected chi connectivity index (χ0v) is 14.6. The first kappa shape index (κ1) is 16.0. The molecule has 0 saturated carbocycles. The number of hydrogen-bond acceptors (Lipinski definition) is 5. The van der Waals surface area contributed by atoms with Gasteiger partial charge in [-0.3, -0.25) is 4.79 Å². The molecular formula is C13H16BrN3O3S. The zero-order chi connectivity index (χ0) is 15.8. The largest absolute Gasteiger partial charge is 0.444 e. The van der Waals surface area contributed by atoms with Crippen LogP contribution in [0.1, 0.15) is 26.6 Å². The van der Waals surface area contributed by atoms with Crippen LogP contribution in [0, 0.1) is 0 Å². The van der Waals surface area contributed by atoms with Crippen molar-refractivity contribution in [1.29, 1.82) is 0 Å². The molecule has 2 aromatic heterocycles. The third-order valence-electron chi connectivity index (χ3n) is 2.49. The Kier molecular flexibility index (Phi) is 4.38. The molecule has 2 rings (SSSR count). The minimum Gasteiger partial charge on any atom is -0.444 e. The van der Waals surface area contributed by atoms with Gasteiger partial charge in [0.15, 0.2) is 0 Å². The summed E-state index contributed by atoms with van der Waals surface area (Å²) < 4.78 is 6.66. The van der Waals surface area contributed by atoms with Gasteiger partial charge in [-0.15, -0.1) is 11.3 Å². The number of H-pyrrole nitrogens is 1. The maximum absolute atomic E-state index is 12.0. The molecule has 0 aliphatic heterocycles. The maximum atomic E-state index is 12.0. The second-order valence-electron chi connectivity index (χ2n) is 5.61. The van der Waals surface area contributed by atoms with E-state index in [1.165, 1.54) is 16.2 Å². The summed E-state index contributed by atoms with van der Waals surface area (Å²) in [5, 5.41) is 0. The normalized spacial score (nSPS) is 11.7. The van der Waals surface area contributed by atoms with E-state index in [2.05, 4.69) is 25.9 Å². The third kappa shape index (κ3) is 4.04. The number of aromatic amines is 1. The van der Waals surface area contributed by atoms with Gasteiger partial charge in [0.2, 0.25) is 0 Å². The fourth-order valence-corrected chi connectivity index (χ4v) is 3.08. The number of nitrogens with zero attached hydrogens (tertiary/aromatic N) is 2. The standard InChI is InChI=1S/C13H16BrN3O3S/c1-13(2,3)20-12(19)17(4)6-9-15-7-5-8(14)21-10(7)11(18)16-9/h5H,6H2,1-4H3,(H,15,16,18). The Balaban J connectivity index is 2.19. The minimum atomic E-state index is -0.561. The average Bonchev–Trinajstić information content (AvgIpc) is 2.68. The molecule has 114 valence electrons. The van der Waals surface area contributed by atoms with Crippen LogP contribution in [-0.4, -0.2) is 33.6 Å². The highest BCUT2D eigenvalue weighted by Gasteiger charge is 2.20. The van der Waals surface area contributed by atoms with Crippen molar-refractivity contribution in [3.63, 3.8) is 0 Å². The van der Waals surface area contributed by atoms with Crippen molar-refractivity contribution in [2.75, 3.05) is 7.05 Å². The van der Waals surface area contributed by atoms with Gasteiger partial charge in [-0.25, -0.2) is 9.78 Å². The highest BCUT2D eigenvalue weighted by atomic mass is 79.9. The van der Waals surface area contributed by atoms with Gasteiger partial charge in [-0.1, -0.05) is 0 Å². The lowest BCUT2D eigenvalue weighted by atomic mass is 10.2. The molecule has 0 fully saturated rings. The molecule has 0 unspecified atom stereocenters. The number of nitrogens with one attached hydrogen (secondary N) is 1. The highest BCUT2D eigenvalue weighted by molar-refractivity contribution is 9.11. The lowest BCUT2D eigenvalue weighted by Gasteiger charge is -2.24. The number of fused-ring (bicyclic) bond motifs is 1. The van der Waals surface area contributed by atoms with Gasteiger partial charge in [-0.2, -0.15) is 0 Å². The molecule has 0 radical (unpaired) electrons. The van der Waals surface area contributed by atoms with Crippen molar-refractivity contribution >= 4 is 43.6 Å². The molecule has 0 aliphatic carbocycles. The van der Waals surface area contributed by atoms with E-state index in [1.807, 2.05) is 0 Å². The summed E-state index contributed by atoms with van der Waals surface area (Å²) in [6.45, 7) is 5.57. The molecule has 8 heteroatoms. The van der Waals surface area contributed by atoms with Crippen LogP contribution in [0.15, 0.2) is 14.6 Å². The topological polar surface area (TPSA) is 75.3 Å². The summed E-state index contributed by atoms with van der Waals surface area (Å²) >= 11 is 4.66. The van der Waals surface area contributed by atoms with Crippen LogP contribution in [-0.2, 0) is 11.3 Å². The molecule has 0 saturated heterocycles. The summed E-state index contributed by atoms with van der Waals surface area (Å²) in [6, 6.07) is 1.78. The van der Waals surface area contributed by atoms with Crippen LogP contribution >= 0.6 is 27.3 Å². The minimum absolute atomic E-state index is 0.174. The van der Waals surface area contributed by atoms with Gasteiger partial charge < -0.3 is 14.6 Å². The number of rotatable bonds is 2. The van der Waals surface area contributed by atoms with Crippen LogP contribution in [0.2, 0.25) is 0 Å². The molecule has 1 N–H and O–H groups in total. The van der Waals surface area contributed by atoms with Crippen molar-refractivity contribution in [2.45, 2.75) is 32.9 Å². The monoisotopic (exact) mass is 373 g/mol. The first-order valence-electron chi connectivity index (χ1n) is 6.28. The Morgan fingerprint density at radius 2 is 2.19 bits per heavy atom. The molecule has 0 aromatic carbocycles. The molecule has 2 heterocycles. The van der Waals surface area contributed by atoms with Crippen molar-refractivity contribution in [3.05, 3.63) is 26.0 Å². The van der Waals surface area contributed by atoms with Crippen LogP contribution in [0.5, 0.6) is 0 Å². The van der Waals surface area contributed by atoms with Crippen molar-refractivity contribution < 1.29 is 9.53 Å². The lowest BCUT2D eigenvalue weighted by Crippen LogP contribution is -2.34. The van der Waals surface area contributed by atoms with E-state index < -0.39 is 11.7 Å². The first-order chi connectivity index (χ1) is 9.65. The van der Waals surface area contributed by atoms with E-state index in [0.717, 1.165) is 3.79 Å². The Bertz CT molecular complexity index is 732. The van der Waals surface area contributed by atoms with E-state index in [0.29, 0.717) is 16.0 Å². The van der Waals surface area contributed by atoms with Gasteiger partial charge in [0.25, 0.3) is 5.56 Å². The number of amides is 1. The summed E-state index contributed by atoms with van der Waals surface area (Å²) in [7, 11) is 1.60. The molecule has 0 bridgehead atoms. The number of hydrogen-bond donors (Lipinski definition) is 1. The maximum Gasteiger partial charge on any atom is 0.410 e. The van der Waals surface area contributed by atoms with Crippen molar-refractivity contribution in [3.8, 4) is 0 Å². The Labute approximate surface area is 134 Å². The van der Waals surface area contributed by atoms with E-state index in [-0.39, 0.29) is 12.1 Å². The average molecular weight is 374 g/mol. The Hall–Kier alpha value is -1.41. The first-order valence-corrected chi connectivity index (χ1v) is 7.89. The molecular weight excluding hydrogens is 358 g/mol.